The van der Waals surface area contributed by atoms with Gasteiger partial charge in [0.25, 0.3) is 5.56 Å². The van der Waals surface area contributed by atoms with Crippen molar-refractivity contribution in [1.82, 2.24) is 14.0 Å². The third-order valence-corrected chi connectivity index (χ3v) is 4.33. The Morgan fingerprint density at radius 1 is 1.17 bits per heavy atom. The lowest BCUT2D eigenvalue weighted by atomic mass is 10.0. The average Bonchev–Trinajstić information content (AvgIpc) is 2.49. The number of rotatable bonds is 3. The summed E-state index contributed by atoms with van der Waals surface area (Å²) in [6.07, 6.45) is 0.0172. The van der Waals surface area contributed by atoms with E-state index in [0.29, 0.717) is 13.1 Å². The highest BCUT2D eigenvalue weighted by atomic mass is 16.5. The second-order valence-corrected chi connectivity index (χ2v) is 6.22. The monoisotopic (exact) mass is 324 g/mol. The zero-order valence-electron chi connectivity index (χ0n) is 14.2. The molecule has 0 bridgehead atoms. The van der Waals surface area contributed by atoms with E-state index in [-0.39, 0.29) is 29.4 Å². The number of nitrogens with zero attached hydrogens (tertiary/aromatic N) is 3. The van der Waals surface area contributed by atoms with Crippen LogP contribution in [0.4, 0.5) is 5.82 Å². The van der Waals surface area contributed by atoms with Gasteiger partial charge in [0.05, 0.1) is 18.2 Å². The fraction of sp³-hybridized carbons (Fsp3) is 0.667. The summed E-state index contributed by atoms with van der Waals surface area (Å²) >= 11 is 0. The maximum atomic E-state index is 12.8. The van der Waals surface area contributed by atoms with Gasteiger partial charge in [-0.1, -0.05) is 0 Å². The van der Waals surface area contributed by atoms with Gasteiger partial charge in [-0.25, -0.2) is 4.79 Å². The Morgan fingerprint density at radius 2 is 1.70 bits per heavy atom. The Bertz CT molecular complexity index is 726. The molecule has 2 heterocycles. The first-order valence-electron chi connectivity index (χ1n) is 7.64. The average molecular weight is 324 g/mol. The van der Waals surface area contributed by atoms with Crippen molar-refractivity contribution in [1.29, 1.82) is 0 Å². The minimum atomic E-state index is -0.656. The molecule has 1 aromatic rings. The van der Waals surface area contributed by atoms with Crippen LogP contribution in [0.2, 0.25) is 0 Å². The lowest BCUT2D eigenvalue weighted by molar-refractivity contribution is -0.0744. The molecule has 0 aromatic carbocycles. The van der Waals surface area contributed by atoms with Gasteiger partial charge in [-0.3, -0.25) is 23.6 Å². The minimum Gasteiger partial charge on any atom is -0.384 e. The Morgan fingerprint density at radius 3 is 2.22 bits per heavy atom. The van der Waals surface area contributed by atoms with Crippen LogP contribution in [0.5, 0.6) is 0 Å². The summed E-state index contributed by atoms with van der Waals surface area (Å²) in [4.78, 5) is 39.0. The number of nitrogens with two attached hydrogens (primary N) is 1. The molecule has 0 radical (unpaired) electrons. The highest BCUT2D eigenvalue weighted by Gasteiger charge is 2.32. The minimum absolute atomic E-state index is 0.00862. The highest BCUT2D eigenvalue weighted by Crippen LogP contribution is 2.17. The van der Waals surface area contributed by atoms with Crippen molar-refractivity contribution >= 4 is 11.6 Å². The fourth-order valence-electron chi connectivity index (χ4n) is 3.00. The molecule has 1 fully saturated rings. The van der Waals surface area contributed by atoms with Gasteiger partial charge in [0.15, 0.2) is 5.78 Å². The van der Waals surface area contributed by atoms with Crippen molar-refractivity contribution in [3.63, 3.8) is 0 Å². The number of carbonyl (C=O) groups is 1. The summed E-state index contributed by atoms with van der Waals surface area (Å²) in [5.41, 5.74) is 4.52. The second kappa shape index (κ2) is 6.29. The van der Waals surface area contributed by atoms with Crippen LogP contribution in [-0.4, -0.2) is 51.2 Å². The van der Waals surface area contributed by atoms with Crippen LogP contribution >= 0.6 is 0 Å². The molecule has 1 aliphatic heterocycles. The molecule has 3 atom stereocenters. The summed E-state index contributed by atoms with van der Waals surface area (Å²) in [6.45, 7) is 6.84. The van der Waals surface area contributed by atoms with Gasteiger partial charge in [0.2, 0.25) is 0 Å². The number of ketones is 1. The molecule has 0 aliphatic carbocycles. The van der Waals surface area contributed by atoms with Crippen molar-refractivity contribution in [2.75, 3.05) is 18.8 Å². The topological polar surface area (TPSA) is 99.6 Å². The normalized spacial score (nSPS) is 23.7. The SMILES string of the molecule is C[C@@H]1CN([C@H](C)C(=O)c2c(N)n(C)c(=O)n(C)c2=O)C[C@H](C)O1. The Balaban J connectivity index is 2.41. The lowest BCUT2D eigenvalue weighted by Gasteiger charge is -2.38. The molecular formula is C15H24N4O4. The van der Waals surface area contributed by atoms with Gasteiger partial charge < -0.3 is 10.5 Å². The quantitative estimate of drug-likeness (QED) is 0.742. The molecule has 1 saturated heterocycles. The molecule has 0 spiro atoms. The van der Waals surface area contributed by atoms with Crippen LogP contribution in [0.25, 0.3) is 0 Å². The zero-order valence-corrected chi connectivity index (χ0v) is 14.2. The largest absolute Gasteiger partial charge is 0.384 e. The summed E-state index contributed by atoms with van der Waals surface area (Å²) in [5, 5.41) is 0. The Hall–Kier alpha value is -1.93. The van der Waals surface area contributed by atoms with Gasteiger partial charge in [-0.15, -0.1) is 0 Å². The van der Waals surface area contributed by atoms with E-state index in [9.17, 15) is 14.4 Å². The van der Waals surface area contributed by atoms with Crippen LogP contribution < -0.4 is 17.0 Å². The predicted molar refractivity (Wildman–Crippen MR) is 86.7 cm³/mol. The lowest BCUT2D eigenvalue weighted by Crippen LogP contribution is -2.53. The van der Waals surface area contributed by atoms with Gasteiger partial charge in [-0.2, -0.15) is 0 Å². The maximum absolute atomic E-state index is 12.8. The third kappa shape index (κ3) is 3.09. The molecule has 2 rings (SSSR count). The van der Waals surface area contributed by atoms with Crippen molar-refractivity contribution < 1.29 is 9.53 Å². The van der Waals surface area contributed by atoms with E-state index < -0.39 is 17.3 Å². The third-order valence-electron chi connectivity index (χ3n) is 4.33. The number of Topliss-reactive ketones (excluding diaryl/α,β-unsaturated/α-hetero) is 1. The van der Waals surface area contributed by atoms with Gasteiger partial charge in [-0.05, 0) is 20.8 Å². The van der Waals surface area contributed by atoms with E-state index in [0.717, 1.165) is 9.13 Å². The van der Waals surface area contributed by atoms with Crippen molar-refractivity contribution in [3.8, 4) is 0 Å². The molecule has 0 amide bonds. The van der Waals surface area contributed by atoms with Gasteiger partial charge in [0.1, 0.15) is 11.4 Å². The molecule has 2 N–H and O–H groups in total. The molecule has 8 nitrogen and oxygen atoms in total. The molecule has 128 valence electrons. The maximum Gasteiger partial charge on any atom is 0.332 e. The summed E-state index contributed by atoms with van der Waals surface area (Å²) in [5.74, 6) is -0.468. The predicted octanol–water partition coefficient (Wildman–Crippen LogP) is -0.653. The van der Waals surface area contributed by atoms with Gasteiger partial charge >= 0.3 is 5.69 Å². The van der Waals surface area contributed by atoms with E-state index in [1.54, 1.807) is 6.92 Å². The molecule has 8 heteroatoms. The number of carbonyl (C=O) groups excluding carboxylic acids is 1. The van der Waals surface area contributed by atoms with E-state index in [1.807, 2.05) is 18.7 Å². The van der Waals surface area contributed by atoms with Gasteiger partial charge in [0, 0.05) is 27.2 Å². The van der Waals surface area contributed by atoms with Crippen molar-refractivity contribution in [2.24, 2.45) is 14.1 Å². The fourth-order valence-corrected chi connectivity index (χ4v) is 3.00. The number of aromatic nitrogens is 2. The molecule has 0 saturated carbocycles. The van der Waals surface area contributed by atoms with Crippen LogP contribution in [0.1, 0.15) is 31.1 Å². The number of morpholine rings is 1. The zero-order chi connectivity index (χ0) is 17.5. The summed E-state index contributed by atoms with van der Waals surface area (Å²) < 4.78 is 7.69. The van der Waals surface area contributed by atoms with Crippen LogP contribution in [-0.2, 0) is 18.8 Å². The number of nitrogen functional groups attached to an aromatic ring is 1. The van der Waals surface area contributed by atoms with Crippen LogP contribution in [0.3, 0.4) is 0 Å². The number of hydrogen-bond acceptors (Lipinski definition) is 6. The van der Waals surface area contributed by atoms with Crippen LogP contribution in [0.15, 0.2) is 9.59 Å². The first kappa shape index (κ1) is 17.4. The standard InChI is InChI=1S/C15H24N4O4/c1-8-6-19(7-9(2)23-8)10(3)12(20)11-13(16)17(4)15(22)18(5)14(11)21/h8-10H,6-7,16H2,1-5H3/t8-,9+,10-/m1/s1. The second-order valence-electron chi connectivity index (χ2n) is 6.22. The van der Waals surface area contributed by atoms with Crippen LogP contribution in [0, 0.1) is 0 Å². The number of anilines is 1. The number of hydrogen-bond donors (Lipinski definition) is 1. The van der Waals surface area contributed by atoms with Crippen molar-refractivity contribution in [3.05, 3.63) is 26.4 Å². The summed E-state index contributed by atoms with van der Waals surface area (Å²) in [7, 11) is 2.78. The molecule has 23 heavy (non-hydrogen) atoms. The molecule has 1 aromatic heterocycles. The molecular weight excluding hydrogens is 300 g/mol. The highest BCUT2D eigenvalue weighted by molar-refractivity contribution is 6.03. The number of ether oxygens (including phenoxy) is 1. The Labute approximate surface area is 134 Å². The smallest absolute Gasteiger partial charge is 0.332 e. The first-order chi connectivity index (χ1) is 10.6. The van der Waals surface area contributed by atoms with E-state index >= 15 is 0 Å². The molecule has 0 unspecified atom stereocenters. The van der Waals surface area contributed by atoms with E-state index in [4.69, 9.17) is 10.5 Å². The molecule has 1 aliphatic rings. The van der Waals surface area contributed by atoms with Crippen molar-refractivity contribution in [2.45, 2.75) is 39.0 Å². The van der Waals surface area contributed by atoms with E-state index in [1.165, 1.54) is 14.1 Å². The summed E-state index contributed by atoms with van der Waals surface area (Å²) in [6, 6.07) is -0.517. The Kier molecular flexibility index (Phi) is 4.76. The first-order valence-corrected chi connectivity index (χ1v) is 7.64. The van der Waals surface area contributed by atoms with E-state index in [2.05, 4.69) is 0 Å².